The van der Waals surface area contributed by atoms with Gasteiger partial charge in [0.15, 0.2) is 17.4 Å². The third-order valence-corrected chi connectivity index (χ3v) is 6.71. The molecule has 2 aromatic heterocycles. The van der Waals surface area contributed by atoms with E-state index in [1.165, 1.54) is 11.8 Å². The molecule has 1 amide bonds. The van der Waals surface area contributed by atoms with Crippen LogP contribution in [0, 0.1) is 0 Å². The molecule has 3 heterocycles. The van der Waals surface area contributed by atoms with Gasteiger partial charge in [0.25, 0.3) is 0 Å². The average molecular weight is 444 g/mol. The van der Waals surface area contributed by atoms with E-state index in [0.717, 1.165) is 33.6 Å². The molecule has 32 heavy (non-hydrogen) atoms. The number of carbonyl (C=O) groups is 2. The van der Waals surface area contributed by atoms with Crippen LogP contribution in [0.15, 0.2) is 70.3 Å². The molecule has 0 bridgehead atoms. The molecular weight excluding hydrogens is 422 g/mol. The molecule has 6 nitrogen and oxygen atoms in total. The van der Waals surface area contributed by atoms with Crippen LogP contribution < -0.4 is 4.90 Å². The number of amides is 1. The number of hydrogen-bond donors (Lipinski definition) is 0. The number of benzene rings is 2. The van der Waals surface area contributed by atoms with Gasteiger partial charge in [-0.05, 0) is 55.3 Å². The zero-order chi connectivity index (χ0) is 22.2. The lowest BCUT2D eigenvalue weighted by atomic mass is 10.0. The molecule has 1 unspecified atom stereocenters. The second-order valence-corrected chi connectivity index (χ2v) is 9.06. The highest BCUT2D eigenvalue weighted by Crippen LogP contribution is 2.34. The standard InChI is InChI=1S/C25H21N3O3S/c1-15(23(30)18-9-10-21-17(14-18)11-12-28(21)16(2)29)32-25-19-6-3-4-7-20(19)26-24(27-25)22-8-5-13-31-22/h3-10,13-15H,11-12H2,1-2H3. The second kappa shape index (κ2) is 8.24. The summed E-state index contributed by atoms with van der Waals surface area (Å²) in [5, 5.41) is 1.30. The molecule has 0 spiro atoms. The molecule has 1 atom stereocenters. The molecule has 160 valence electrons. The number of aromatic nitrogens is 2. The van der Waals surface area contributed by atoms with E-state index in [-0.39, 0.29) is 16.9 Å². The quantitative estimate of drug-likeness (QED) is 0.241. The average Bonchev–Trinajstić information content (AvgIpc) is 3.48. The van der Waals surface area contributed by atoms with Crippen LogP contribution in [0.25, 0.3) is 22.5 Å². The van der Waals surface area contributed by atoms with Gasteiger partial charge in [0.05, 0.1) is 17.0 Å². The van der Waals surface area contributed by atoms with Crippen molar-refractivity contribution in [1.29, 1.82) is 0 Å². The summed E-state index contributed by atoms with van der Waals surface area (Å²) >= 11 is 1.42. The Morgan fingerprint density at radius 1 is 1.09 bits per heavy atom. The van der Waals surface area contributed by atoms with Crippen molar-refractivity contribution in [3.8, 4) is 11.6 Å². The van der Waals surface area contributed by atoms with E-state index in [9.17, 15) is 9.59 Å². The van der Waals surface area contributed by atoms with Gasteiger partial charge in [0, 0.05) is 30.1 Å². The minimum Gasteiger partial charge on any atom is -0.461 e. The van der Waals surface area contributed by atoms with E-state index in [4.69, 9.17) is 9.40 Å². The number of furan rings is 1. The Hall–Kier alpha value is -3.45. The number of fused-ring (bicyclic) bond motifs is 2. The van der Waals surface area contributed by atoms with Gasteiger partial charge in [-0.3, -0.25) is 9.59 Å². The Balaban J connectivity index is 1.44. The number of Topliss-reactive ketones (excluding diaryl/α,β-unsaturated/α-hetero) is 1. The molecule has 0 fully saturated rings. The van der Waals surface area contributed by atoms with Gasteiger partial charge in [-0.15, -0.1) is 0 Å². The molecule has 0 radical (unpaired) electrons. The molecule has 5 rings (SSSR count). The first-order chi connectivity index (χ1) is 15.5. The Kier molecular flexibility index (Phi) is 5.27. The Morgan fingerprint density at radius 3 is 2.72 bits per heavy atom. The van der Waals surface area contributed by atoms with E-state index < -0.39 is 0 Å². The molecule has 4 aromatic rings. The first kappa shape index (κ1) is 20.5. The van der Waals surface area contributed by atoms with Crippen molar-refractivity contribution in [1.82, 2.24) is 9.97 Å². The lowest BCUT2D eigenvalue weighted by Gasteiger charge is -2.16. The summed E-state index contributed by atoms with van der Waals surface area (Å²) in [5.41, 5.74) is 3.40. The van der Waals surface area contributed by atoms with E-state index in [2.05, 4.69) is 4.98 Å². The maximum absolute atomic E-state index is 13.3. The van der Waals surface area contributed by atoms with Crippen molar-refractivity contribution in [2.24, 2.45) is 0 Å². The predicted molar refractivity (Wildman–Crippen MR) is 125 cm³/mol. The van der Waals surface area contributed by atoms with E-state index in [1.807, 2.05) is 55.5 Å². The number of nitrogens with zero attached hydrogens (tertiary/aromatic N) is 3. The van der Waals surface area contributed by atoms with Crippen molar-refractivity contribution < 1.29 is 14.0 Å². The van der Waals surface area contributed by atoms with Crippen LogP contribution >= 0.6 is 11.8 Å². The highest BCUT2D eigenvalue weighted by atomic mass is 32.2. The molecule has 0 saturated carbocycles. The van der Waals surface area contributed by atoms with Crippen LogP contribution in [0.5, 0.6) is 0 Å². The monoisotopic (exact) mass is 443 g/mol. The van der Waals surface area contributed by atoms with Crippen LogP contribution in [0.1, 0.15) is 29.8 Å². The van der Waals surface area contributed by atoms with Crippen LogP contribution in [0.3, 0.4) is 0 Å². The first-order valence-corrected chi connectivity index (χ1v) is 11.3. The summed E-state index contributed by atoms with van der Waals surface area (Å²) < 4.78 is 5.48. The Labute approximate surface area is 189 Å². The molecule has 1 aliphatic rings. The Bertz CT molecular complexity index is 1330. The number of carbonyl (C=O) groups excluding carboxylic acids is 2. The van der Waals surface area contributed by atoms with Gasteiger partial charge in [-0.25, -0.2) is 9.97 Å². The maximum Gasteiger partial charge on any atom is 0.223 e. The van der Waals surface area contributed by atoms with Gasteiger partial charge in [-0.2, -0.15) is 0 Å². The molecular formula is C25H21N3O3S. The number of rotatable bonds is 5. The van der Waals surface area contributed by atoms with Crippen LogP contribution in [-0.2, 0) is 11.2 Å². The summed E-state index contributed by atoms with van der Waals surface area (Å²) in [6.45, 7) is 4.12. The number of thioether (sulfide) groups is 1. The van der Waals surface area contributed by atoms with Gasteiger partial charge >= 0.3 is 0 Å². The van der Waals surface area contributed by atoms with E-state index in [0.29, 0.717) is 23.7 Å². The zero-order valence-electron chi connectivity index (χ0n) is 17.7. The van der Waals surface area contributed by atoms with Gasteiger partial charge in [0.2, 0.25) is 5.91 Å². The lowest BCUT2D eigenvalue weighted by molar-refractivity contribution is -0.116. The first-order valence-electron chi connectivity index (χ1n) is 10.4. The summed E-state index contributed by atoms with van der Waals surface area (Å²) in [6.07, 6.45) is 2.36. The van der Waals surface area contributed by atoms with Gasteiger partial charge in [0.1, 0.15) is 5.03 Å². The molecule has 0 aliphatic carbocycles. The van der Waals surface area contributed by atoms with Crippen molar-refractivity contribution in [3.63, 3.8) is 0 Å². The third-order valence-electron chi connectivity index (χ3n) is 5.61. The maximum atomic E-state index is 13.3. The van der Waals surface area contributed by atoms with Crippen LogP contribution in [0.2, 0.25) is 0 Å². The number of para-hydroxylation sites is 1. The Morgan fingerprint density at radius 2 is 1.94 bits per heavy atom. The minimum atomic E-state index is -0.346. The molecule has 0 N–H and O–H groups in total. The molecule has 1 aliphatic heterocycles. The summed E-state index contributed by atoms with van der Waals surface area (Å²) in [6, 6.07) is 17.0. The summed E-state index contributed by atoms with van der Waals surface area (Å²) in [5.74, 6) is 1.14. The number of hydrogen-bond acceptors (Lipinski definition) is 6. The van der Waals surface area contributed by atoms with Crippen molar-refractivity contribution in [3.05, 3.63) is 72.0 Å². The van der Waals surface area contributed by atoms with Crippen molar-refractivity contribution in [2.45, 2.75) is 30.5 Å². The van der Waals surface area contributed by atoms with Crippen LogP contribution in [0.4, 0.5) is 5.69 Å². The fourth-order valence-electron chi connectivity index (χ4n) is 3.99. The number of ketones is 1. The fraction of sp³-hybridized carbons (Fsp3) is 0.200. The third kappa shape index (κ3) is 3.69. The summed E-state index contributed by atoms with van der Waals surface area (Å²) in [7, 11) is 0. The lowest BCUT2D eigenvalue weighted by Crippen LogP contribution is -2.25. The smallest absolute Gasteiger partial charge is 0.223 e. The largest absolute Gasteiger partial charge is 0.461 e. The van der Waals surface area contributed by atoms with Crippen molar-refractivity contribution in [2.75, 3.05) is 11.4 Å². The second-order valence-electron chi connectivity index (χ2n) is 7.74. The number of anilines is 1. The highest BCUT2D eigenvalue weighted by Gasteiger charge is 2.25. The van der Waals surface area contributed by atoms with E-state index in [1.54, 1.807) is 24.2 Å². The fourth-order valence-corrected chi connectivity index (χ4v) is 5.01. The summed E-state index contributed by atoms with van der Waals surface area (Å²) in [4.78, 5) is 36.1. The highest BCUT2D eigenvalue weighted by molar-refractivity contribution is 8.00. The molecule has 0 saturated heterocycles. The van der Waals surface area contributed by atoms with Crippen LogP contribution in [-0.4, -0.2) is 33.5 Å². The van der Waals surface area contributed by atoms with Gasteiger partial charge < -0.3 is 9.32 Å². The van der Waals surface area contributed by atoms with E-state index >= 15 is 0 Å². The SMILES string of the molecule is CC(=O)N1CCc2cc(C(=O)C(C)Sc3nc(-c4ccco4)nc4ccccc34)ccc21. The predicted octanol–water partition coefficient (Wildman–Crippen LogP) is 5.16. The van der Waals surface area contributed by atoms with Crippen molar-refractivity contribution >= 4 is 40.0 Å². The molecule has 7 heteroatoms. The normalized spacial score (nSPS) is 13.9. The zero-order valence-corrected chi connectivity index (χ0v) is 18.6. The topological polar surface area (TPSA) is 76.3 Å². The van der Waals surface area contributed by atoms with Gasteiger partial charge in [-0.1, -0.05) is 30.0 Å². The minimum absolute atomic E-state index is 0.0229. The molecule has 2 aromatic carbocycles.